The molecule has 166 valence electrons. The summed E-state index contributed by atoms with van der Waals surface area (Å²) in [5.41, 5.74) is 0.966. The predicted molar refractivity (Wildman–Crippen MR) is 118 cm³/mol. The Bertz CT molecular complexity index is 1080. The Hall–Kier alpha value is -2.54. The molecule has 3 heterocycles. The largest absolute Gasteiger partial charge is 0.336 e. The van der Waals surface area contributed by atoms with E-state index >= 15 is 0 Å². The lowest BCUT2D eigenvalue weighted by Gasteiger charge is -2.31. The molecule has 2 aliphatic heterocycles. The molecule has 0 saturated carbocycles. The van der Waals surface area contributed by atoms with Crippen molar-refractivity contribution in [1.82, 2.24) is 19.5 Å². The molecule has 2 saturated heterocycles. The zero-order chi connectivity index (χ0) is 22.0. The standard InChI is InChI=1S/C19H24N6O4S2/c1-23-7-9-24(10-8-23)31(28,29)16-4-2-3-14(11-16)21-17(26)12-15-13-30-19(22-15)25-6-5-20-18(25)27/h2-4,11,13H,5-10,12H2,1H3,(H,20,27)(H,21,26). The lowest BCUT2D eigenvalue weighted by molar-refractivity contribution is -0.115. The Kier molecular flexibility index (Phi) is 6.23. The van der Waals surface area contributed by atoms with Crippen LogP contribution in [0.5, 0.6) is 0 Å². The average Bonchev–Trinajstić information content (AvgIpc) is 3.37. The second-order valence-corrected chi connectivity index (χ2v) is 10.2. The van der Waals surface area contributed by atoms with Crippen LogP contribution in [0.2, 0.25) is 0 Å². The number of hydrogen-bond acceptors (Lipinski definition) is 7. The molecule has 1 aromatic carbocycles. The number of anilines is 2. The van der Waals surface area contributed by atoms with Gasteiger partial charge in [0.2, 0.25) is 15.9 Å². The van der Waals surface area contributed by atoms with Crippen LogP contribution in [0.15, 0.2) is 34.5 Å². The van der Waals surface area contributed by atoms with Gasteiger partial charge >= 0.3 is 6.03 Å². The number of benzene rings is 1. The highest BCUT2D eigenvalue weighted by Gasteiger charge is 2.28. The van der Waals surface area contributed by atoms with Crippen LogP contribution in [-0.2, 0) is 21.2 Å². The summed E-state index contributed by atoms with van der Waals surface area (Å²) >= 11 is 1.31. The van der Waals surface area contributed by atoms with E-state index in [1.165, 1.54) is 27.8 Å². The number of hydrogen-bond donors (Lipinski definition) is 2. The predicted octanol–water partition coefficient (Wildman–Crippen LogP) is 0.790. The molecule has 0 bridgehead atoms. The van der Waals surface area contributed by atoms with Gasteiger partial charge in [0.25, 0.3) is 0 Å². The Morgan fingerprint density at radius 1 is 1.23 bits per heavy atom. The highest BCUT2D eigenvalue weighted by atomic mass is 32.2. The molecule has 0 unspecified atom stereocenters. The molecule has 3 amide bonds. The average molecular weight is 465 g/mol. The van der Waals surface area contributed by atoms with Crippen LogP contribution in [0, 0.1) is 0 Å². The number of carbonyl (C=O) groups is 2. The molecule has 12 heteroatoms. The Morgan fingerprint density at radius 3 is 2.71 bits per heavy atom. The number of amides is 3. The van der Waals surface area contributed by atoms with Crippen molar-refractivity contribution < 1.29 is 18.0 Å². The molecule has 2 fully saturated rings. The smallest absolute Gasteiger partial charge is 0.323 e. The molecule has 1 aromatic heterocycles. The molecule has 2 aromatic rings. The first kappa shape index (κ1) is 21.7. The fraction of sp³-hybridized carbons (Fsp3) is 0.421. The topological polar surface area (TPSA) is 115 Å². The molecule has 31 heavy (non-hydrogen) atoms. The summed E-state index contributed by atoms with van der Waals surface area (Å²) in [6.07, 6.45) is 0.0292. The summed E-state index contributed by atoms with van der Waals surface area (Å²) in [4.78, 5) is 32.4. The van der Waals surface area contributed by atoms with Crippen molar-refractivity contribution in [2.75, 3.05) is 56.5 Å². The zero-order valence-corrected chi connectivity index (χ0v) is 18.7. The van der Waals surface area contributed by atoms with Crippen LogP contribution < -0.4 is 15.5 Å². The number of likely N-dealkylation sites (N-methyl/N-ethyl adjacent to an activating group) is 1. The van der Waals surface area contributed by atoms with E-state index in [9.17, 15) is 18.0 Å². The molecular formula is C19H24N6O4S2. The van der Waals surface area contributed by atoms with E-state index < -0.39 is 10.0 Å². The van der Waals surface area contributed by atoms with Crippen molar-refractivity contribution in [3.05, 3.63) is 35.3 Å². The number of rotatable bonds is 6. The van der Waals surface area contributed by atoms with Crippen molar-refractivity contribution in [1.29, 1.82) is 0 Å². The van der Waals surface area contributed by atoms with Gasteiger partial charge in [-0.3, -0.25) is 9.69 Å². The van der Waals surface area contributed by atoms with Gasteiger partial charge in [-0.1, -0.05) is 6.07 Å². The van der Waals surface area contributed by atoms with Crippen LogP contribution in [0.4, 0.5) is 15.6 Å². The number of nitrogens with zero attached hydrogens (tertiary/aromatic N) is 4. The van der Waals surface area contributed by atoms with E-state index in [0.717, 1.165) is 0 Å². The van der Waals surface area contributed by atoms with Gasteiger partial charge in [-0.25, -0.2) is 18.2 Å². The van der Waals surface area contributed by atoms with Gasteiger partial charge in [0.15, 0.2) is 5.13 Å². The first-order valence-corrected chi connectivity index (χ1v) is 12.2. The number of piperazine rings is 1. The monoisotopic (exact) mass is 464 g/mol. The maximum absolute atomic E-state index is 12.9. The van der Waals surface area contributed by atoms with E-state index in [-0.39, 0.29) is 23.3 Å². The third-order valence-electron chi connectivity index (χ3n) is 5.19. The highest BCUT2D eigenvalue weighted by Crippen LogP contribution is 2.23. The van der Waals surface area contributed by atoms with Gasteiger partial charge in [-0.05, 0) is 25.2 Å². The molecule has 4 rings (SSSR count). The number of carbonyl (C=O) groups excluding carboxylic acids is 2. The molecule has 2 N–H and O–H groups in total. The third kappa shape index (κ3) is 4.87. The zero-order valence-electron chi connectivity index (χ0n) is 17.1. The minimum Gasteiger partial charge on any atom is -0.336 e. The van der Waals surface area contributed by atoms with Gasteiger partial charge in [0.05, 0.1) is 17.0 Å². The van der Waals surface area contributed by atoms with Gasteiger partial charge in [-0.2, -0.15) is 4.31 Å². The molecule has 0 atom stereocenters. The van der Waals surface area contributed by atoms with E-state index in [4.69, 9.17) is 0 Å². The van der Waals surface area contributed by atoms with Crippen LogP contribution in [0.25, 0.3) is 0 Å². The number of sulfonamides is 1. The maximum atomic E-state index is 12.9. The van der Waals surface area contributed by atoms with E-state index in [0.29, 0.717) is 55.8 Å². The van der Waals surface area contributed by atoms with Gasteiger partial charge in [-0.15, -0.1) is 11.3 Å². The number of nitrogens with one attached hydrogen (secondary N) is 2. The molecular weight excluding hydrogens is 440 g/mol. The number of urea groups is 1. The van der Waals surface area contributed by atoms with Crippen molar-refractivity contribution in [3.63, 3.8) is 0 Å². The molecule has 0 spiro atoms. The Balaban J connectivity index is 1.40. The minimum atomic E-state index is -3.61. The molecule has 0 radical (unpaired) electrons. The van der Waals surface area contributed by atoms with Crippen LogP contribution >= 0.6 is 11.3 Å². The highest BCUT2D eigenvalue weighted by molar-refractivity contribution is 7.89. The second kappa shape index (κ2) is 8.91. The van der Waals surface area contributed by atoms with Crippen LogP contribution in [-0.4, -0.2) is 80.9 Å². The number of thiazole rings is 1. The number of aromatic nitrogens is 1. The fourth-order valence-electron chi connectivity index (χ4n) is 3.44. The first-order chi connectivity index (χ1) is 14.8. The van der Waals surface area contributed by atoms with Crippen molar-refractivity contribution in [2.45, 2.75) is 11.3 Å². The quantitative estimate of drug-likeness (QED) is 0.653. The van der Waals surface area contributed by atoms with Gasteiger partial charge in [0, 0.05) is 50.3 Å². The summed E-state index contributed by atoms with van der Waals surface area (Å²) in [5.74, 6) is -0.308. The van der Waals surface area contributed by atoms with Crippen molar-refractivity contribution in [3.8, 4) is 0 Å². The van der Waals surface area contributed by atoms with Crippen LogP contribution in [0.1, 0.15) is 5.69 Å². The summed E-state index contributed by atoms with van der Waals surface area (Å²) in [6, 6.07) is 6.10. The lowest BCUT2D eigenvalue weighted by Crippen LogP contribution is -2.47. The Morgan fingerprint density at radius 2 is 2.00 bits per heavy atom. The van der Waals surface area contributed by atoms with Crippen LogP contribution in [0.3, 0.4) is 0 Å². The van der Waals surface area contributed by atoms with Gasteiger partial charge < -0.3 is 15.5 Å². The van der Waals surface area contributed by atoms with E-state index in [1.807, 2.05) is 7.05 Å². The maximum Gasteiger partial charge on any atom is 0.323 e. The summed E-state index contributed by atoms with van der Waals surface area (Å²) < 4.78 is 27.3. The Labute approximate surface area is 184 Å². The normalized spacial score (nSPS) is 18.2. The summed E-state index contributed by atoms with van der Waals surface area (Å²) in [5, 5.41) is 7.75. The lowest BCUT2D eigenvalue weighted by atomic mass is 10.3. The van der Waals surface area contributed by atoms with Crippen molar-refractivity contribution >= 4 is 44.1 Å². The van der Waals surface area contributed by atoms with Crippen molar-refractivity contribution in [2.24, 2.45) is 0 Å². The molecule has 10 nitrogen and oxygen atoms in total. The third-order valence-corrected chi connectivity index (χ3v) is 7.99. The van der Waals surface area contributed by atoms with Gasteiger partial charge in [0.1, 0.15) is 0 Å². The molecule has 2 aliphatic rings. The fourth-order valence-corrected chi connectivity index (χ4v) is 5.75. The minimum absolute atomic E-state index is 0.0292. The SMILES string of the molecule is CN1CCN(S(=O)(=O)c2cccc(NC(=O)Cc3csc(N4CCNC4=O)n3)c2)CC1. The molecule has 0 aliphatic carbocycles. The second-order valence-electron chi connectivity index (χ2n) is 7.47. The summed E-state index contributed by atoms with van der Waals surface area (Å²) in [7, 11) is -1.65. The summed E-state index contributed by atoms with van der Waals surface area (Å²) in [6.45, 7) is 3.37. The van der Waals surface area contributed by atoms with E-state index in [1.54, 1.807) is 22.4 Å². The first-order valence-electron chi connectivity index (χ1n) is 9.91. The van der Waals surface area contributed by atoms with E-state index in [2.05, 4.69) is 20.5 Å².